The Labute approximate surface area is 124 Å². The smallest absolute Gasteiger partial charge is 0.142 e. The molecule has 3 rings (SSSR count). The van der Waals surface area contributed by atoms with Gasteiger partial charge in [0, 0.05) is 36.0 Å². The molecule has 0 amide bonds. The molecule has 0 radical (unpaired) electrons. The highest BCUT2D eigenvalue weighted by molar-refractivity contribution is 6.33. The van der Waals surface area contributed by atoms with Crippen molar-refractivity contribution in [1.82, 2.24) is 0 Å². The number of aldehydes is 1. The van der Waals surface area contributed by atoms with Crippen LogP contribution in [0.15, 0.2) is 0 Å². The summed E-state index contributed by atoms with van der Waals surface area (Å²) < 4.78 is 11.9. The van der Waals surface area contributed by atoms with E-state index in [1.165, 1.54) is 0 Å². The van der Waals surface area contributed by atoms with E-state index in [2.05, 4.69) is 6.92 Å². The number of hydrogen-bond donors (Lipinski definition) is 0. The van der Waals surface area contributed by atoms with Gasteiger partial charge in [0.1, 0.15) is 30.0 Å². The highest BCUT2D eigenvalue weighted by Crippen LogP contribution is 2.51. The van der Waals surface area contributed by atoms with Crippen LogP contribution in [0.2, 0.25) is 5.02 Å². The molecule has 0 bridgehead atoms. The Kier molecular flexibility index (Phi) is 3.41. The number of rotatable bonds is 3. The summed E-state index contributed by atoms with van der Waals surface area (Å²) in [5.41, 5.74) is 3.30. The maximum atomic E-state index is 10.9. The highest BCUT2D eigenvalue weighted by atomic mass is 35.5. The van der Waals surface area contributed by atoms with Crippen LogP contribution in [0.25, 0.3) is 0 Å². The summed E-state index contributed by atoms with van der Waals surface area (Å²) in [5, 5.41) is 0.700. The first-order chi connectivity index (χ1) is 9.52. The highest BCUT2D eigenvalue weighted by Gasteiger charge is 2.36. The minimum Gasteiger partial charge on any atom is -0.490 e. The van der Waals surface area contributed by atoms with Crippen molar-refractivity contribution >= 4 is 17.9 Å². The summed E-state index contributed by atoms with van der Waals surface area (Å²) in [4.78, 5) is 10.9. The van der Waals surface area contributed by atoms with E-state index in [0.29, 0.717) is 11.4 Å². The largest absolute Gasteiger partial charge is 0.490 e. The lowest BCUT2D eigenvalue weighted by Crippen LogP contribution is -2.09. The van der Waals surface area contributed by atoms with Gasteiger partial charge in [0.15, 0.2) is 0 Å². The second-order valence-electron chi connectivity index (χ2n) is 5.91. The zero-order valence-corrected chi connectivity index (χ0v) is 12.8. The second kappa shape index (κ2) is 4.96. The van der Waals surface area contributed by atoms with E-state index in [0.717, 1.165) is 47.3 Å². The molecule has 0 fully saturated rings. The Morgan fingerprint density at radius 1 is 1.20 bits per heavy atom. The first kappa shape index (κ1) is 13.7. The van der Waals surface area contributed by atoms with Crippen LogP contribution in [0.3, 0.4) is 0 Å². The van der Waals surface area contributed by atoms with Crippen molar-refractivity contribution in [2.24, 2.45) is 0 Å². The molecule has 0 spiro atoms. The molecule has 0 saturated heterocycles. The zero-order chi connectivity index (χ0) is 14.4. The van der Waals surface area contributed by atoms with Gasteiger partial charge in [0.05, 0.1) is 5.02 Å². The fourth-order valence-electron chi connectivity index (χ4n) is 3.28. The molecule has 0 aromatic heterocycles. The number of carbonyl (C=O) groups is 1. The molecule has 3 nitrogen and oxygen atoms in total. The summed E-state index contributed by atoms with van der Waals surface area (Å²) in [7, 11) is 0. The third-order valence-corrected chi connectivity index (χ3v) is 4.55. The Morgan fingerprint density at radius 3 is 2.45 bits per heavy atom. The van der Waals surface area contributed by atoms with Crippen molar-refractivity contribution in [3.63, 3.8) is 0 Å². The molecule has 3 atom stereocenters. The molecule has 4 heteroatoms. The predicted molar refractivity (Wildman–Crippen MR) is 78.1 cm³/mol. The van der Waals surface area contributed by atoms with Crippen LogP contribution in [0.5, 0.6) is 11.5 Å². The summed E-state index contributed by atoms with van der Waals surface area (Å²) >= 11 is 6.51. The van der Waals surface area contributed by atoms with Gasteiger partial charge in [-0.1, -0.05) is 18.5 Å². The van der Waals surface area contributed by atoms with E-state index < -0.39 is 0 Å². The molecule has 0 N–H and O–H groups in total. The number of benzene rings is 1. The second-order valence-corrected chi connectivity index (χ2v) is 6.29. The van der Waals surface area contributed by atoms with Gasteiger partial charge in [0.2, 0.25) is 0 Å². The molecule has 1 aromatic carbocycles. The molecule has 3 unspecified atom stereocenters. The third-order valence-electron chi connectivity index (χ3n) is 4.15. The van der Waals surface area contributed by atoms with E-state index in [4.69, 9.17) is 21.1 Å². The molecular weight excluding hydrogens is 276 g/mol. The molecule has 0 saturated carbocycles. The van der Waals surface area contributed by atoms with E-state index in [-0.39, 0.29) is 18.1 Å². The number of carbonyl (C=O) groups excluding carboxylic acids is 1. The molecule has 108 valence electrons. The van der Waals surface area contributed by atoms with Crippen LogP contribution in [0, 0.1) is 0 Å². The summed E-state index contributed by atoms with van der Waals surface area (Å²) in [6, 6.07) is 0. The van der Waals surface area contributed by atoms with Crippen molar-refractivity contribution in [2.75, 3.05) is 0 Å². The first-order valence-electron chi connectivity index (χ1n) is 7.17. The van der Waals surface area contributed by atoms with E-state index in [1.807, 2.05) is 13.8 Å². The Balaban J connectivity index is 2.20. The number of ether oxygens (including phenoxy) is 2. The first-order valence-corrected chi connectivity index (χ1v) is 7.54. The fourth-order valence-corrected chi connectivity index (χ4v) is 3.60. The molecule has 1 aromatic rings. The van der Waals surface area contributed by atoms with Crippen molar-refractivity contribution in [1.29, 1.82) is 0 Å². The van der Waals surface area contributed by atoms with E-state index in [1.54, 1.807) is 0 Å². The number of fused-ring (bicyclic) bond motifs is 2. The molecule has 2 aliphatic heterocycles. The number of halogens is 1. The average Bonchev–Trinajstić information content (AvgIpc) is 2.93. The summed E-state index contributed by atoms with van der Waals surface area (Å²) in [6.45, 7) is 6.14. The maximum Gasteiger partial charge on any atom is 0.142 e. The average molecular weight is 295 g/mol. The summed E-state index contributed by atoms with van der Waals surface area (Å²) in [6.07, 6.45) is 3.36. The van der Waals surface area contributed by atoms with Crippen LogP contribution < -0.4 is 9.47 Å². The normalized spacial score (nSPS) is 24.6. The topological polar surface area (TPSA) is 35.5 Å². The molecule has 2 heterocycles. The summed E-state index contributed by atoms with van der Waals surface area (Å²) in [5.74, 6) is 1.84. The van der Waals surface area contributed by atoms with Crippen molar-refractivity contribution in [3.8, 4) is 11.5 Å². The van der Waals surface area contributed by atoms with Crippen LogP contribution in [0.4, 0.5) is 0 Å². The molecule has 20 heavy (non-hydrogen) atoms. The van der Waals surface area contributed by atoms with Gasteiger partial charge in [-0.3, -0.25) is 0 Å². The van der Waals surface area contributed by atoms with E-state index >= 15 is 0 Å². The van der Waals surface area contributed by atoms with Crippen LogP contribution in [-0.4, -0.2) is 18.5 Å². The standard InChI is InChI=1S/C16H19ClO3/c1-8(4-5-18)13-11-6-9(2)20-16(11)14(17)12-7-10(3)19-15(12)13/h5,8-10H,4,6-7H2,1-3H3. The van der Waals surface area contributed by atoms with E-state index in [9.17, 15) is 4.79 Å². The Morgan fingerprint density at radius 2 is 1.80 bits per heavy atom. The lowest BCUT2D eigenvalue weighted by atomic mass is 9.88. The predicted octanol–water partition coefficient (Wildman–Crippen LogP) is 3.68. The van der Waals surface area contributed by atoms with Gasteiger partial charge in [-0.05, 0) is 19.8 Å². The quantitative estimate of drug-likeness (QED) is 0.798. The lowest BCUT2D eigenvalue weighted by molar-refractivity contribution is -0.108. The van der Waals surface area contributed by atoms with Gasteiger partial charge >= 0.3 is 0 Å². The molecule has 0 aliphatic carbocycles. The zero-order valence-electron chi connectivity index (χ0n) is 12.0. The van der Waals surface area contributed by atoms with Gasteiger partial charge < -0.3 is 14.3 Å². The fraction of sp³-hybridized carbons (Fsp3) is 0.562. The minimum absolute atomic E-state index is 0.129. The Hall–Kier alpha value is -1.22. The van der Waals surface area contributed by atoms with Crippen LogP contribution in [0.1, 0.15) is 49.8 Å². The van der Waals surface area contributed by atoms with Crippen LogP contribution in [-0.2, 0) is 17.6 Å². The van der Waals surface area contributed by atoms with Crippen LogP contribution >= 0.6 is 11.6 Å². The van der Waals surface area contributed by atoms with Crippen molar-refractivity contribution in [3.05, 3.63) is 21.7 Å². The monoisotopic (exact) mass is 294 g/mol. The van der Waals surface area contributed by atoms with Gasteiger partial charge in [-0.15, -0.1) is 0 Å². The lowest BCUT2D eigenvalue weighted by Gasteiger charge is -2.19. The number of hydrogen-bond acceptors (Lipinski definition) is 3. The van der Waals surface area contributed by atoms with Gasteiger partial charge in [-0.25, -0.2) is 0 Å². The molecular formula is C16H19ClO3. The minimum atomic E-state index is 0.129. The van der Waals surface area contributed by atoms with Gasteiger partial charge in [-0.2, -0.15) is 0 Å². The van der Waals surface area contributed by atoms with Crippen molar-refractivity contribution in [2.45, 2.75) is 58.2 Å². The SMILES string of the molecule is CC1Cc2c(c(Cl)c3c(c2C(C)CC=O)OC(C)C3)O1. The Bertz CT molecular complexity index is 528. The van der Waals surface area contributed by atoms with Gasteiger partial charge in [0.25, 0.3) is 0 Å². The van der Waals surface area contributed by atoms with Crippen molar-refractivity contribution < 1.29 is 14.3 Å². The third kappa shape index (κ3) is 1.99. The molecule has 2 aliphatic rings. The maximum absolute atomic E-state index is 10.9.